The largest absolute Gasteiger partial charge is 0.349 e. The van der Waals surface area contributed by atoms with Gasteiger partial charge >= 0.3 is 5.65 Å². The molecule has 2 aromatic carbocycles. The summed E-state index contributed by atoms with van der Waals surface area (Å²) in [5.74, 6) is 1.08. The van der Waals surface area contributed by atoms with Crippen molar-refractivity contribution in [3.63, 3.8) is 0 Å². The van der Waals surface area contributed by atoms with Crippen LogP contribution in [-0.4, -0.2) is 9.55 Å². The first kappa shape index (κ1) is 15.6. The van der Waals surface area contributed by atoms with Gasteiger partial charge < -0.3 is 0 Å². The van der Waals surface area contributed by atoms with Crippen LogP contribution >= 0.6 is 0 Å². The van der Waals surface area contributed by atoms with E-state index in [4.69, 9.17) is 4.98 Å². The van der Waals surface area contributed by atoms with Crippen LogP contribution in [0.15, 0.2) is 66.7 Å². The number of aryl methyl sites for hydroxylation is 3. The Morgan fingerprint density at radius 2 is 1.64 bits per heavy atom. The second-order valence-corrected chi connectivity index (χ2v) is 6.35. The molecule has 0 bridgehead atoms. The summed E-state index contributed by atoms with van der Waals surface area (Å²) in [5, 5.41) is 0. The normalized spacial score (nSPS) is 11.2. The average molecular weight is 328 g/mol. The molecule has 25 heavy (non-hydrogen) atoms. The fourth-order valence-electron chi connectivity index (χ4n) is 3.48. The first-order chi connectivity index (χ1) is 12.2. The molecule has 0 aliphatic rings. The van der Waals surface area contributed by atoms with Crippen molar-refractivity contribution in [1.29, 1.82) is 0 Å². The number of rotatable bonds is 3. The molecule has 2 heterocycles. The van der Waals surface area contributed by atoms with Crippen molar-refractivity contribution < 1.29 is 4.57 Å². The first-order valence-electron chi connectivity index (χ1n) is 8.72. The third-order valence-corrected chi connectivity index (χ3v) is 4.79. The molecule has 0 atom stereocenters. The van der Waals surface area contributed by atoms with Crippen LogP contribution < -0.4 is 4.57 Å². The fraction of sp³-hybridized carbons (Fsp3) is 0.182. The topological polar surface area (TPSA) is 21.7 Å². The van der Waals surface area contributed by atoms with E-state index in [2.05, 4.69) is 90.7 Å². The minimum absolute atomic E-state index is 0.892. The van der Waals surface area contributed by atoms with Gasteiger partial charge in [0.2, 0.25) is 5.82 Å². The van der Waals surface area contributed by atoms with E-state index in [1.807, 2.05) is 6.07 Å². The van der Waals surface area contributed by atoms with Crippen LogP contribution in [0.25, 0.3) is 28.1 Å². The molecule has 2 aromatic heterocycles. The predicted molar refractivity (Wildman–Crippen MR) is 102 cm³/mol. The van der Waals surface area contributed by atoms with E-state index < -0.39 is 0 Å². The van der Waals surface area contributed by atoms with E-state index in [1.165, 1.54) is 16.8 Å². The molecule has 0 aliphatic heterocycles. The lowest BCUT2D eigenvalue weighted by atomic mass is 10.0. The molecular weight excluding hydrogens is 306 g/mol. The summed E-state index contributed by atoms with van der Waals surface area (Å²) in [5.41, 5.74) is 7.02. The number of hydrogen-bond acceptors (Lipinski definition) is 1. The van der Waals surface area contributed by atoms with Crippen molar-refractivity contribution in [3.05, 3.63) is 78.1 Å². The highest BCUT2D eigenvalue weighted by Crippen LogP contribution is 2.25. The molecule has 124 valence electrons. The maximum absolute atomic E-state index is 4.95. The van der Waals surface area contributed by atoms with Gasteiger partial charge in [-0.3, -0.25) is 4.57 Å². The monoisotopic (exact) mass is 328 g/mol. The number of fused-ring (bicyclic) bond motifs is 1. The highest BCUT2D eigenvalue weighted by molar-refractivity contribution is 5.75. The molecule has 0 N–H and O–H groups in total. The van der Waals surface area contributed by atoms with Gasteiger partial charge in [-0.1, -0.05) is 49.4 Å². The molecule has 4 aromatic rings. The standard InChI is InChI=1S/C22H22N3/c1-4-21-23-22-20(25(21)17-11-6-5-7-12-17)15-14-19(24(22)3)18-13-9-8-10-16(18)2/h5-15H,4H2,1-3H3/q+1. The zero-order chi connectivity index (χ0) is 17.4. The van der Waals surface area contributed by atoms with Gasteiger partial charge in [0.25, 0.3) is 0 Å². The van der Waals surface area contributed by atoms with Gasteiger partial charge in [-0.05, 0) is 41.7 Å². The lowest BCUT2D eigenvalue weighted by Gasteiger charge is -2.08. The summed E-state index contributed by atoms with van der Waals surface area (Å²) >= 11 is 0. The molecule has 0 radical (unpaired) electrons. The van der Waals surface area contributed by atoms with Crippen molar-refractivity contribution >= 4 is 11.2 Å². The van der Waals surface area contributed by atoms with Crippen molar-refractivity contribution in [1.82, 2.24) is 9.55 Å². The molecule has 0 saturated heterocycles. The second-order valence-electron chi connectivity index (χ2n) is 6.35. The van der Waals surface area contributed by atoms with Gasteiger partial charge in [-0.25, -0.2) is 4.57 Å². The van der Waals surface area contributed by atoms with Crippen LogP contribution in [0.3, 0.4) is 0 Å². The summed E-state index contributed by atoms with van der Waals surface area (Å²) < 4.78 is 4.47. The Labute approximate surface area is 148 Å². The first-order valence-corrected chi connectivity index (χ1v) is 8.72. The number of para-hydroxylation sites is 1. The smallest absolute Gasteiger partial charge is 0.270 e. The Bertz CT molecular complexity index is 1050. The van der Waals surface area contributed by atoms with Gasteiger partial charge in [0, 0.05) is 17.7 Å². The Morgan fingerprint density at radius 1 is 0.920 bits per heavy atom. The molecule has 0 spiro atoms. The molecule has 3 nitrogen and oxygen atoms in total. The zero-order valence-electron chi connectivity index (χ0n) is 14.9. The fourth-order valence-corrected chi connectivity index (χ4v) is 3.48. The summed E-state index contributed by atoms with van der Waals surface area (Å²) in [6.07, 6.45) is 0.892. The number of aromatic nitrogens is 3. The minimum atomic E-state index is 0.892. The summed E-state index contributed by atoms with van der Waals surface area (Å²) in [4.78, 5) is 4.95. The van der Waals surface area contributed by atoms with Crippen molar-refractivity contribution in [3.8, 4) is 16.9 Å². The van der Waals surface area contributed by atoms with Gasteiger partial charge in [0.1, 0.15) is 11.2 Å². The zero-order valence-corrected chi connectivity index (χ0v) is 14.9. The number of benzene rings is 2. The molecule has 0 saturated carbocycles. The summed E-state index contributed by atoms with van der Waals surface area (Å²) in [6, 6.07) is 23.3. The molecule has 0 amide bonds. The average Bonchev–Trinajstić information content (AvgIpc) is 3.03. The molecule has 3 heteroatoms. The van der Waals surface area contributed by atoms with E-state index in [9.17, 15) is 0 Å². The number of pyridine rings is 1. The molecular formula is C22H22N3+. The maximum Gasteiger partial charge on any atom is 0.349 e. The van der Waals surface area contributed by atoms with E-state index in [0.717, 1.165) is 29.1 Å². The van der Waals surface area contributed by atoms with Crippen LogP contribution in [0.4, 0.5) is 0 Å². The predicted octanol–water partition coefficient (Wildman–Crippen LogP) is 4.39. The quantitative estimate of drug-likeness (QED) is 0.511. The Hall–Kier alpha value is -2.94. The van der Waals surface area contributed by atoms with Gasteiger partial charge in [-0.2, -0.15) is 0 Å². The number of imidazole rings is 1. The van der Waals surface area contributed by atoms with Crippen LogP contribution in [-0.2, 0) is 13.5 Å². The molecule has 4 rings (SSSR count). The third kappa shape index (κ3) is 2.52. The third-order valence-electron chi connectivity index (χ3n) is 4.79. The Morgan fingerprint density at radius 3 is 2.36 bits per heavy atom. The van der Waals surface area contributed by atoms with Gasteiger partial charge in [-0.15, -0.1) is 0 Å². The second kappa shape index (κ2) is 6.17. The maximum atomic E-state index is 4.95. The highest BCUT2D eigenvalue weighted by Gasteiger charge is 2.23. The number of hydrogen-bond donors (Lipinski definition) is 0. The lowest BCUT2D eigenvalue weighted by molar-refractivity contribution is -0.635. The molecule has 0 fully saturated rings. The van der Waals surface area contributed by atoms with Crippen LogP contribution in [0.5, 0.6) is 0 Å². The van der Waals surface area contributed by atoms with Crippen LogP contribution in [0.2, 0.25) is 0 Å². The van der Waals surface area contributed by atoms with Crippen LogP contribution in [0.1, 0.15) is 18.3 Å². The summed E-state index contributed by atoms with van der Waals surface area (Å²) in [7, 11) is 2.10. The van der Waals surface area contributed by atoms with E-state index in [0.29, 0.717) is 0 Å². The number of nitrogens with zero attached hydrogens (tertiary/aromatic N) is 3. The lowest BCUT2D eigenvalue weighted by Crippen LogP contribution is -2.32. The van der Waals surface area contributed by atoms with E-state index in [1.54, 1.807) is 0 Å². The van der Waals surface area contributed by atoms with E-state index in [-0.39, 0.29) is 0 Å². The van der Waals surface area contributed by atoms with Crippen molar-refractivity contribution in [2.75, 3.05) is 0 Å². The van der Waals surface area contributed by atoms with Crippen molar-refractivity contribution in [2.45, 2.75) is 20.3 Å². The molecule has 0 unspecified atom stereocenters. The van der Waals surface area contributed by atoms with E-state index >= 15 is 0 Å². The molecule has 0 aliphatic carbocycles. The van der Waals surface area contributed by atoms with Gasteiger partial charge in [0.05, 0.1) is 7.05 Å². The Balaban J connectivity index is 2.00. The SMILES string of the molecule is CCc1nc2c(ccc(-c3ccccc3C)[n+]2C)n1-c1ccccc1. The van der Waals surface area contributed by atoms with Gasteiger partial charge in [0.15, 0.2) is 0 Å². The summed E-state index contributed by atoms with van der Waals surface area (Å²) in [6.45, 7) is 4.31. The minimum Gasteiger partial charge on any atom is -0.270 e. The Kier molecular flexibility index (Phi) is 3.85. The van der Waals surface area contributed by atoms with Crippen molar-refractivity contribution in [2.24, 2.45) is 7.05 Å². The van der Waals surface area contributed by atoms with Crippen LogP contribution in [0, 0.1) is 6.92 Å². The highest BCUT2D eigenvalue weighted by atomic mass is 15.1.